The highest BCUT2D eigenvalue weighted by molar-refractivity contribution is 9.10. The Morgan fingerprint density at radius 1 is 1.40 bits per heavy atom. The van der Waals surface area contributed by atoms with Crippen molar-refractivity contribution in [3.8, 4) is 5.75 Å². The first-order valence-corrected chi connectivity index (χ1v) is 8.11. The minimum atomic E-state index is -0.477. The van der Waals surface area contributed by atoms with Crippen LogP contribution in [0.1, 0.15) is 15.9 Å². The second-order valence-corrected chi connectivity index (χ2v) is 5.81. The lowest BCUT2D eigenvalue weighted by atomic mass is 10.2. The maximum atomic E-state index is 11.9. The molecule has 0 bridgehead atoms. The highest BCUT2D eigenvalue weighted by Crippen LogP contribution is 2.25. The number of amides is 1. The maximum Gasteiger partial charge on any atom is 0.343 e. The predicted molar refractivity (Wildman–Crippen MR) is 96.0 cm³/mol. The lowest BCUT2D eigenvalue weighted by molar-refractivity contribution is -0.142. The number of aromatic nitrogens is 1. The number of benzene rings is 1. The number of ether oxygens (including phenoxy) is 2. The van der Waals surface area contributed by atoms with E-state index in [1.165, 1.54) is 19.5 Å². The van der Waals surface area contributed by atoms with Crippen LogP contribution in [0, 0.1) is 0 Å². The van der Waals surface area contributed by atoms with Crippen molar-refractivity contribution in [3.05, 3.63) is 57.3 Å². The molecule has 0 aliphatic heterocycles. The normalized spacial score (nSPS) is 10.5. The molecule has 9 heteroatoms. The van der Waals surface area contributed by atoms with E-state index >= 15 is 0 Å². The lowest BCUT2D eigenvalue weighted by Gasteiger charge is -2.07. The van der Waals surface area contributed by atoms with Gasteiger partial charge in [-0.25, -0.2) is 15.2 Å². The van der Waals surface area contributed by atoms with Gasteiger partial charge in [-0.15, -0.1) is 0 Å². The highest BCUT2D eigenvalue weighted by Gasteiger charge is 2.09. The van der Waals surface area contributed by atoms with Gasteiger partial charge in [-0.05, 0) is 51.8 Å². The number of carbonyl (C=O) groups excluding carboxylic acids is 2. The minimum Gasteiger partial charge on any atom is -0.481 e. The number of nitrogens with zero attached hydrogens (tertiary/aromatic N) is 2. The second-order valence-electron chi connectivity index (χ2n) is 4.60. The predicted octanol–water partition coefficient (Wildman–Crippen LogP) is 2.81. The molecule has 1 amide bonds. The average molecular weight is 427 g/mol. The van der Waals surface area contributed by atoms with E-state index < -0.39 is 11.9 Å². The van der Waals surface area contributed by atoms with Gasteiger partial charge in [-0.3, -0.25) is 4.79 Å². The zero-order chi connectivity index (χ0) is 18.2. The van der Waals surface area contributed by atoms with Gasteiger partial charge in [0.2, 0.25) is 0 Å². The Morgan fingerprint density at radius 2 is 2.20 bits per heavy atom. The summed E-state index contributed by atoms with van der Waals surface area (Å²) in [6.45, 7) is -0.190. The first kappa shape index (κ1) is 18.9. The van der Waals surface area contributed by atoms with Gasteiger partial charge >= 0.3 is 5.97 Å². The van der Waals surface area contributed by atoms with E-state index in [9.17, 15) is 9.59 Å². The zero-order valence-electron chi connectivity index (χ0n) is 13.0. The average Bonchev–Trinajstić information content (AvgIpc) is 2.61. The van der Waals surface area contributed by atoms with Gasteiger partial charge in [-0.1, -0.05) is 11.6 Å². The number of pyridine rings is 1. The molecule has 1 aromatic heterocycles. The second kappa shape index (κ2) is 9.14. The van der Waals surface area contributed by atoms with Gasteiger partial charge in [0.15, 0.2) is 6.61 Å². The van der Waals surface area contributed by atoms with Crippen LogP contribution in [0.25, 0.3) is 0 Å². The molecule has 130 valence electrons. The van der Waals surface area contributed by atoms with E-state index in [1.807, 2.05) is 0 Å². The summed E-state index contributed by atoms with van der Waals surface area (Å²) in [5, 5.41) is 3.97. The summed E-state index contributed by atoms with van der Waals surface area (Å²) in [5.74, 6) is -0.463. The quantitative estimate of drug-likeness (QED) is 0.332. The van der Waals surface area contributed by atoms with Crippen LogP contribution in [0.5, 0.6) is 5.75 Å². The summed E-state index contributed by atoms with van der Waals surface area (Å²) in [6, 6.07) is 8.25. The molecule has 0 aliphatic rings. The van der Waals surface area contributed by atoms with Crippen molar-refractivity contribution < 1.29 is 19.1 Å². The number of esters is 1. The molecule has 0 atom stereocenters. The highest BCUT2D eigenvalue weighted by atomic mass is 79.9. The SMILES string of the molecule is COC(=O)COc1ccc(C=NNC(=O)c2cccnc2Cl)cc1Br. The fourth-order valence-corrected chi connectivity index (χ4v) is 2.41. The number of hydrazone groups is 1. The third-order valence-corrected chi connectivity index (χ3v) is 3.83. The number of hydrogen-bond donors (Lipinski definition) is 1. The topological polar surface area (TPSA) is 89.9 Å². The van der Waals surface area contributed by atoms with E-state index in [1.54, 1.807) is 30.3 Å². The van der Waals surface area contributed by atoms with Crippen molar-refractivity contribution in [2.24, 2.45) is 5.10 Å². The molecule has 2 aromatic rings. The van der Waals surface area contributed by atoms with Crippen LogP contribution in [0.4, 0.5) is 0 Å². The van der Waals surface area contributed by atoms with Gasteiger partial charge in [-0.2, -0.15) is 5.10 Å². The van der Waals surface area contributed by atoms with Gasteiger partial charge in [0, 0.05) is 6.20 Å². The molecule has 25 heavy (non-hydrogen) atoms. The van der Waals surface area contributed by atoms with Gasteiger partial charge < -0.3 is 9.47 Å². The molecule has 0 aliphatic carbocycles. The Morgan fingerprint density at radius 3 is 2.88 bits per heavy atom. The zero-order valence-corrected chi connectivity index (χ0v) is 15.4. The Balaban J connectivity index is 1.97. The van der Waals surface area contributed by atoms with Crippen molar-refractivity contribution in [1.29, 1.82) is 0 Å². The van der Waals surface area contributed by atoms with Crippen molar-refractivity contribution in [2.45, 2.75) is 0 Å². The van der Waals surface area contributed by atoms with Crippen LogP contribution in [-0.2, 0) is 9.53 Å². The first-order chi connectivity index (χ1) is 12.0. The Kier molecular flexibility index (Phi) is 6.91. The van der Waals surface area contributed by atoms with E-state index in [0.29, 0.717) is 15.8 Å². The molecular weight excluding hydrogens is 414 g/mol. The smallest absolute Gasteiger partial charge is 0.343 e. The summed E-state index contributed by atoms with van der Waals surface area (Å²) >= 11 is 9.17. The van der Waals surface area contributed by atoms with Crippen LogP contribution in [-0.4, -0.2) is 36.8 Å². The molecule has 2 rings (SSSR count). The van der Waals surface area contributed by atoms with Crippen LogP contribution < -0.4 is 10.2 Å². The summed E-state index contributed by atoms with van der Waals surface area (Å²) in [7, 11) is 1.29. The fourth-order valence-electron chi connectivity index (χ4n) is 1.69. The monoisotopic (exact) mass is 425 g/mol. The molecule has 0 spiro atoms. The number of hydrogen-bond acceptors (Lipinski definition) is 6. The first-order valence-electron chi connectivity index (χ1n) is 6.94. The van der Waals surface area contributed by atoms with Crippen molar-refractivity contribution in [2.75, 3.05) is 13.7 Å². The molecule has 0 saturated heterocycles. The number of halogens is 2. The molecule has 0 saturated carbocycles. The largest absolute Gasteiger partial charge is 0.481 e. The van der Waals surface area contributed by atoms with E-state index in [2.05, 4.69) is 36.2 Å². The third kappa shape index (κ3) is 5.54. The number of nitrogens with one attached hydrogen (secondary N) is 1. The Bertz CT molecular complexity index is 814. The van der Waals surface area contributed by atoms with Crippen molar-refractivity contribution in [3.63, 3.8) is 0 Å². The molecule has 0 unspecified atom stereocenters. The molecule has 7 nitrogen and oxygen atoms in total. The molecule has 1 heterocycles. The summed E-state index contributed by atoms with van der Waals surface area (Å²) in [6.07, 6.45) is 2.95. The minimum absolute atomic E-state index is 0.102. The van der Waals surface area contributed by atoms with E-state index in [4.69, 9.17) is 16.3 Å². The maximum absolute atomic E-state index is 11.9. The fraction of sp³-hybridized carbons (Fsp3) is 0.125. The van der Waals surface area contributed by atoms with E-state index in [-0.39, 0.29) is 17.3 Å². The Hall–Kier alpha value is -2.45. The standard InChI is InChI=1S/C16H13BrClN3O4/c1-24-14(22)9-25-13-5-4-10(7-12(13)17)8-20-21-16(23)11-3-2-6-19-15(11)18/h2-8H,9H2,1H3,(H,21,23). The summed E-state index contributed by atoms with van der Waals surface area (Å²) in [4.78, 5) is 26.8. The van der Waals surface area contributed by atoms with Crippen molar-refractivity contribution in [1.82, 2.24) is 10.4 Å². The Labute approximate surface area is 157 Å². The molecule has 0 fully saturated rings. The van der Waals surface area contributed by atoms with Crippen LogP contribution in [0.2, 0.25) is 5.15 Å². The number of carbonyl (C=O) groups is 2. The summed E-state index contributed by atoms with van der Waals surface area (Å²) in [5.41, 5.74) is 3.30. The van der Waals surface area contributed by atoms with Crippen molar-refractivity contribution >= 4 is 45.6 Å². The molecule has 0 radical (unpaired) electrons. The van der Waals surface area contributed by atoms with E-state index in [0.717, 1.165) is 0 Å². The van der Waals surface area contributed by atoms with Gasteiger partial charge in [0.1, 0.15) is 10.9 Å². The van der Waals surface area contributed by atoms with Crippen LogP contribution in [0.3, 0.4) is 0 Å². The van der Waals surface area contributed by atoms with Gasteiger partial charge in [0.25, 0.3) is 5.91 Å². The van der Waals surface area contributed by atoms with Crippen LogP contribution in [0.15, 0.2) is 46.1 Å². The van der Waals surface area contributed by atoms with Gasteiger partial charge in [0.05, 0.1) is 23.4 Å². The van der Waals surface area contributed by atoms with Crippen LogP contribution >= 0.6 is 27.5 Å². The number of methoxy groups -OCH3 is 1. The lowest BCUT2D eigenvalue weighted by Crippen LogP contribution is -2.18. The molecular formula is C16H13BrClN3O4. The number of rotatable bonds is 6. The molecule has 1 aromatic carbocycles. The third-order valence-electron chi connectivity index (χ3n) is 2.91. The summed E-state index contributed by atoms with van der Waals surface area (Å²) < 4.78 is 10.4. The molecule has 1 N–H and O–H groups in total.